The van der Waals surface area contributed by atoms with Crippen LogP contribution < -0.4 is 0 Å². The van der Waals surface area contributed by atoms with Gasteiger partial charge in [-0.2, -0.15) is 0 Å². The molecule has 0 aliphatic carbocycles. The van der Waals surface area contributed by atoms with Gasteiger partial charge in [-0.3, -0.25) is 9.05 Å². The van der Waals surface area contributed by atoms with Gasteiger partial charge in [0.2, 0.25) is 0 Å². The molecule has 2 aromatic rings. The number of hydrogen-bond donors (Lipinski definition) is 1. The van der Waals surface area contributed by atoms with Gasteiger partial charge in [0.1, 0.15) is 0 Å². The van der Waals surface area contributed by atoms with Crippen molar-refractivity contribution in [2.24, 2.45) is 4.67 Å². The fourth-order valence-corrected chi connectivity index (χ4v) is 5.06. The quantitative estimate of drug-likeness (QED) is 0.0662. The number of phosphoric ester groups is 1. The van der Waals surface area contributed by atoms with Crippen molar-refractivity contribution < 1.29 is 28.0 Å². The molecular formula is C36H67BNO6P3. The van der Waals surface area contributed by atoms with Gasteiger partial charge in [0, 0.05) is 14.2 Å². The van der Waals surface area contributed by atoms with Crippen LogP contribution in [0.15, 0.2) is 65.3 Å². The van der Waals surface area contributed by atoms with E-state index in [9.17, 15) is 4.57 Å². The molecule has 47 heavy (non-hydrogen) atoms. The number of unbranched alkanes of at least 4 members (excludes halogenated alkanes) is 12. The fraction of sp³-hybridized carbons (Fsp3) is 0.667. The zero-order valence-corrected chi connectivity index (χ0v) is 33.2. The second-order valence-corrected chi connectivity index (χ2v) is 13.2. The van der Waals surface area contributed by atoms with Crippen LogP contribution in [0.3, 0.4) is 0 Å². The maximum absolute atomic E-state index is 11.0. The Bertz CT molecular complexity index is 873. The molecule has 0 saturated heterocycles. The Kier molecular flexibility index (Phi) is 40.7. The molecule has 0 saturated carbocycles. The molecule has 0 spiro atoms. The van der Waals surface area contributed by atoms with Crippen LogP contribution in [0, 0.1) is 0 Å². The van der Waals surface area contributed by atoms with Gasteiger partial charge in [-0.15, -0.1) is 0 Å². The van der Waals surface area contributed by atoms with Gasteiger partial charge in [-0.1, -0.05) is 152 Å². The molecule has 2 atom stereocenters. The molecule has 0 heterocycles. The number of aryl methyl sites for hydroxylation is 2. The van der Waals surface area contributed by atoms with Gasteiger partial charge in [0.05, 0.1) is 26.4 Å². The van der Waals surface area contributed by atoms with E-state index in [0.29, 0.717) is 0 Å². The van der Waals surface area contributed by atoms with Gasteiger partial charge in [0.25, 0.3) is 0 Å². The van der Waals surface area contributed by atoms with Crippen molar-refractivity contribution in [1.29, 1.82) is 0 Å². The molecule has 11 heteroatoms. The zero-order chi connectivity index (χ0) is 35.1. The third-order valence-electron chi connectivity index (χ3n) is 6.99. The van der Waals surface area contributed by atoms with Gasteiger partial charge >= 0.3 is 37.8 Å². The van der Waals surface area contributed by atoms with Gasteiger partial charge in [0.15, 0.2) is 0 Å². The van der Waals surface area contributed by atoms with Crippen molar-refractivity contribution >= 4 is 33.1 Å². The minimum absolute atomic E-state index is 0.0251. The summed E-state index contributed by atoms with van der Waals surface area (Å²) in [5.41, 5.74) is 2.98. The predicted molar refractivity (Wildman–Crippen MR) is 209 cm³/mol. The molecule has 0 aliphatic heterocycles. The van der Waals surface area contributed by atoms with Crippen LogP contribution in [0.25, 0.3) is 0 Å². The van der Waals surface area contributed by atoms with E-state index in [4.69, 9.17) is 4.89 Å². The van der Waals surface area contributed by atoms with Crippen molar-refractivity contribution in [3.8, 4) is 0 Å². The molecule has 270 valence electrons. The summed E-state index contributed by atoms with van der Waals surface area (Å²) in [6, 6.07) is 21.7. The molecule has 2 rings (SSSR count). The average molecular weight is 714 g/mol. The summed E-state index contributed by atoms with van der Waals surface area (Å²) in [5.74, 6) is 0. The van der Waals surface area contributed by atoms with Crippen LogP contribution in [0.4, 0.5) is 0 Å². The normalized spacial score (nSPS) is 10.6. The first kappa shape index (κ1) is 48.3. The zero-order valence-electron chi connectivity index (χ0n) is 30.0. The van der Waals surface area contributed by atoms with Gasteiger partial charge < -0.3 is 14.4 Å². The molecule has 1 N–H and O–H groups in total. The number of rotatable bonds is 24. The van der Waals surface area contributed by atoms with Crippen molar-refractivity contribution in [2.45, 2.75) is 117 Å². The second-order valence-electron chi connectivity index (χ2n) is 11.1. The molecule has 2 unspecified atom stereocenters. The summed E-state index contributed by atoms with van der Waals surface area (Å²) in [5, 5.41) is 0. The van der Waals surface area contributed by atoms with Crippen molar-refractivity contribution in [1.82, 2.24) is 0 Å². The molecular weight excluding hydrogens is 646 g/mol. The Labute approximate surface area is 294 Å². The Balaban J connectivity index is 0. The van der Waals surface area contributed by atoms with E-state index in [1.807, 2.05) is 0 Å². The van der Waals surface area contributed by atoms with Crippen molar-refractivity contribution in [3.05, 3.63) is 71.8 Å². The Hall–Kier alpha value is -0.805. The monoisotopic (exact) mass is 713 g/mol. The van der Waals surface area contributed by atoms with Crippen LogP contribution in [0.1, 0.15) is 115 Å². The van der Waals surface area contributed by atoms with Gasteiger partial charge in [-0.05, 0) is 36.8 Å². The van der Waals surface area contributed by atoms with E-state index >= 15 is 0 Å². The number of methoxy groups -OCH3 is 2. The van der Waals surface area contributed by atoms with Crippen molar-refractivity contribution in [3.63, 3.8) is 0 Å². The summed E-state index contributed by atoms with van der Waals surface area (Å²) in [6.07, 6.45) is 22.1. The van der Waals surface area contributed by atoms with E-state index in [0.717, 1.165) is 0 Å². The predicted octanol–water partition coefficient (Wildman–Crippen LogP) is 10.8. The standard InChI is InChI=1S/2C15H24.C6H15O6P.BH4NP2/c2*1-2-3-4-5-6-7-9-12-15-13-10-8-11-14-15;1-9-3-5-11-13(7,8)12-6-4-10-2;3-1-2-4/h2*8,10-11,13-14H,2-7,9,12H2,1H3;3-6H2,1-2H3,(H,7,8);3-4H2. The van der Waals surface area contributed by atoms with Gasteiger partial charge in [-0.25, -0.2) is 4.57 Å². The third-order valence-corrected chi connectivity index (χ3v) is 8.70. The molecule has 0 aliphatic rings. The Morgan fingerprint density at radius 1 is 0.617 bits per heavy atom. The minimum atomic E-state index is -3.91. The van der Waals surface area contributed by atoms with Crippen molar-refractivity contribution in [2.75, 3.05) is 40.6 Å². The molecule has 0 radical (unpaired) electrons. The average Bonchev–Trinajstić information content (AvgIpc) is 3.09. The van der Waals surface area contributed by atoms with Crippen LogP contribution in [-0.2, 0) is 35.9 Å². The Morgan fingerprint density at radius 3 is 1.23 bits per heavy atom. The molecule has 2 aromatic carbocycles. The number of phosphoric acid groups is 1. The summed E-state index contributed by atoms with van der Waals surface area (Å²) < 4.78 is 32.8. The maximum atomic E-state index is 11.0. The summed E-state index contributed by atoms with van der Waals surface area (Å²) >= 11 is 0. The first-order valence-electron chi connectivity index (χ1n) is 17.5. The fourth-order valence-electron chi connectivity index (χ4n) is 4.37. The van der Waals surface area contributed by atoms with Crippen LogP contribution in [-0.4, -0.2) is 52.3 Å². The molecule has 0 bridgehead atoms. The number of ether oxygens (including phenoxy) is 2. The van der Waals surface area contributed by atoms with E-state index in [2.05, 4.69) is 116 Å². The van der Waals surface area contributed by atoms with Crippen LogP contribution in [0.5, 0.6) is 0 Å². The molecule has 0 aromatic heterocycles. The van der Waals surface area contributed by atoms with Crippen LogP contribution in [0.2, 0.25) is 0 Å². The topological polar surface area (TPSA) is 86.6 Å². The number of hydrogen-bond acceptors (Lipinski definition) is 6. The Morgan fingerprint density at radius 2 is 0.936 bits per heavy atom. The first-order valence-corrected chi connectivity index (χ1v) is 20.2. The van der Waals surface area contributed by atoms with Crippen LogP contribution >= 0.6 is 26.3 Å². The summed E-state index contributed by atoms with van der Waals surface area (Å²) in [4.78, 5) is 8.97. The molecule has 0 fully saturated rings. The van der Waals surface area contributed by atoms with E-state index < -0.39 is 7.82 Å². The van der Waals surface area contributed by atoms with E-state index in [1.54, 1.807) is 6.79 Å². The van der Waals surface area contributed by atoms with E-state index in [1.165, 1.54) is 128 Å². The third kappa shape index (κ3) is 39.5. The first-order chi connectivity index (χ1) is 22.9. The number of nitrogens with zero attached hydrogens (tertiary/aromatic N) is 1. The molecule has 7 nitrogen and oxygen atoms in total. The second kappa shape index (κ2) is 39.6. The summed E-state index contributed by atoms with van der Waals surface area (Å²) in [6.45, 7) is 6.72. The SMILES string of the molecule is CCCCCCCCCc1ccccc1.CCCCCCCCCc1ccccc1.COCCOP(=O)(O)OCCOC.PB=NP. The summed E-state index contributed by atoms with van der Waals surface area (Å²) in [7, 11) is 3.57. The number of benzene rings is 2. The van der Waals surface area contributed by atoms with E-state index in [-0.39, 0.29) is 26.4 Å². The molecule has 0 amide bonds.